The molecule has 0 N–H and O–H groups in total. The van der Waals surface area contributed by atoms with Crippen LogP contribution in [-0.2, 0) is 37.0 Å². The normalized spacial score (nSPS) is 27.4. The summed E-state index contributed by atoms with van der Waals surface area (Å²) in [6.45, 7) is 38.1. The number of nitrogens with zero attached hydrogens (tertiary/aromatic N) is 2. The first-order valence-corrected chi connectivity index (χ1v) is 35.1. The Morgan fingerprint density at radius 2 is 1.47 bits per heavy atom. The summed E-state index contributed by atoms with van der Waals surface area (Å²) in [5.41, 5.74) is 0.391. The van der Waals surface area contributed by atoms with E-state index >= 15 is 0 Å². The molecule has 0 saturated carbocycles. The lowest BCUT2D eigenvalue weighted by Gasteiger charge is -2.39. The molecule has 11 nitrogen and oxygen atoms in total. The zero-order chi connectivity index (χ0) is 50.7. The molecule has 0 spiro atoms. The number of hydrogen-bond acceptors (Lipinski definition) is 10. The highest BCUT2D eigenvalue weighted by molar-refractivity contribution is 6.74. The molecule has 1 amide bonds. The van der Waals surface area contributed by atoms with E-state index in [1.807, 2.05) is 13.1 Å². The van der Waals surface area contributed by atoms with Gasteiger partial charge in [-0.2, -0.15) is 0 Å². The third kappa shape index (κ3) is 17.8. The van der Waals surface area contributed by atoms with E-state index in [0.717, 1.165) is 112 Å². The summed E-state index contributed by atoms with van der Waals surface area (Å²) in [5, 5.41) is 0. The van der Waals surface area contributed by atoms with Crippen LogP contribution in [0.2, 0.25) is 54.4 Å². The first-order chi connectivity index (χ1) is 32.3. The zero-order valence-electron chi connectivity index (χ0n) is 46.3. The second-order valence-electron chi connectivity index (χ2n) is 21.1. The standard InChI is InChI=1S/C54H102N2O9Si3/c1-17-47(64-67(21-5,22-6)23-7)45(14)52-49(60-52)41-54(15,65-68(24-8,25-9)26-10)33-27-28-43(12)51-44(13)30-32-48(61-53(58)55(16)34-35-56-36-38-59-39-37-56)42(11)29-31-46(40-50(57)62-51)63-66(18-2,19-3)20-4/h27-28,30,32-33,42,44-49,51-52H,17-26,29,31,34-41H2,1-16H3/b32-30+,33-27+,43-28+. The van der Waals surface area contributed by atoms with E-state index in [-0.39, 0.29) is 54.7 Å². The van der Waals surface area contributed by atoms with E-state index in [2.05, 4.69) is 133 Å². The van der Waals surface area contributed by atoms with Crippen LogP contribution in [0.25, 0.3) is 0 Å². The van der Waals surface area contributed by atoms with Gasteiger partial charge in [0.05, 0.1) is 43.5 Å². The predicted octanol–water partition coefficient (Wildman–Crippen LogP) is 12.9. The van der Waals surface area contributed by atoms with Gasteiger partial charge in [0.2, 0.25) is 0 Å². The second-order valence-corrected chi connectivity index (χ2v) is 35.2. The number of likely N-dealkylation sites (N-methyl/N-ethyl adjacent to an activating group) is 1. The minimum absolute atomic E-state index is 0.0103. The molecule has 3 heterocycles. The Morgan fingerprint density at radius 3 is 2.03 bits per heavy atom. The van der Waals surface area contributed by atoms with Crippen LogP contribution in [0.1, 0.15) is 136 Å². The molecule has 394 valence electrons. The van der Waals surface area contributed by atoms with Gasteiger partial charge in [-0.05, 0) is 105 Å². The SMILES string of the molecule is CCC(O[Si](CC)(CC)CC)C(C)C1OC1CC(C)(/C=C/C=C(\C)C1OC(=O)CC(O[Si](CC)(CC)CC)CCC(C)C(OC(=O)N(C)CCN2CCOCC2)/C=C/C1C)O[Si](CC)(CC)CC. The van der Waals surface area contributed by atoms with Gasteiger partial charge in [-0.3, -0.25) is 9.69 Å². The van der Waals surface area contributed by atoms with Gasteiger partial charge < -0.3 is 37.1 Å². The van der Waals surface area contributed by atoms with E-state index < -0.39 is 42.8 Å². The largest absolute Gasteiger partial charge is 0.457 e. The lowest BCUT2D eigenvalue weighted by Crippen LogP contribution is -2.46. The lowest BCUT2D eigenvalue weighted by atomic mass is 9.91. The molecule has 0 radical (unpaired) electrons. The molecule has 68 heavy (non-hydrogen) atoms. The molecule has 2 saturated heterocycles. The van der Waals surface area contributed by atoms with Gasteiger partial charge in [-0.15, -0.1) is 0 Å². The molecular formula is C54H102N2O9Si3. The summed E-state index contributed by atoms with van der Waals surface area (Å²) in [6, 6.07) is 9.58. The van der Waals surface area contributed by atoms with Gasteiger partial charge >= 0.3 is 12.1 Å². The number of carbonyl (C=O) groups is 2. The fraction of sp³-hybridized carbons (Fsp3) is 0.852. The van der Waals surface area contributed by atoms with E-state index in [1.54, 1.807) is 4.90 Å². The maximum Gasteiger partial charge on any atom is 0.410 e. The Balaban J connectivity index is 1.96. The molecule has 3 aliphatic heterocycles. The number of ether oxygens (including phenoxy) is 4. The summed E-state index contributed by atoms with van der Waals surface area (Å²) < 4.78 is 46.4. The van der Waals surface area contributed by atoms with E-state index in [1.165, 1.54) is 0 Å². The minimum atomic E-state index is -2.05. The number of cyclic esters (lactones) is 1. The smallest absolute Gasteiger partial charge is 0.410 e. The molecule has 10 unspecified atom stereocenters. The van der Waals surface area contributed by atoms with Crippen molar-refractivity contribution in [2.75, 3.05) is 46.4 Å². The quantitative estimate of drug-likeness (QED) is 0.0259. The Bertz CT molecular complexity index is 1560. The average molecular weight is 1010 g/mol. The van der Waals surface area contributed by atoms with Gasteiger partial charge in [0.15, 0.2) is 25.0 Å². The Hall–Kier alpha value is -1.63. The Morgan fingerprint density at radius 1 is 0.882 bits per heavy atom. The number of amides is 1. The number of rotatable bonds is 27. The van der Waals surface area contributed by atoms with Crippen LogP contribution >= 0.6 is 0 Å². The summed E-state index contributed by atoms with van der Waals surface area (Å²) in [7, 11) is -4.04. The molecule has 0 aromatic heterocycles. The molecule has 14 heteroatoms. The summed E-state index contributed by atoms with van der Waals surface area (Å²) in [5.74, 6) is -0.124. The molecule has 0 aliphatic carbocycles. The van der Waals surface area contributed by atoms with Crippen molar-refractivity contribution < 1.29 is 41.8 Å². The van der Waals surface area contributed by atoms with Crippen molar-refractivity contribution in [2.24, 2.45) is 17.8 Å². The summed E-state index contributed by atoms with van der Waals surface area (Å²) in [6.07, 6.45) is 12.8. The maximum atomic E-state index is 14.1. The van der Waals surface area contributed by atoms with Gasteiger partial charge in [-0.25, -0.2) is 4.79 Å². The first-order valence-electron chi connectivity index (χ1n) is 27.5. The third-order valence-corrected chi connectivity index (χ3v) is 30.8. The monoisotopic (exact) mass is 1010 g/mol. The molecular weight excluding hydrogens is 905 g/mol. The molecule has 10 atom stereocenters. The van der Waals surface area contributed by atoms with E-state index in [9.17, 15) is 9.59 Å². The summed E-state index contributed by atoms with van der Waals surface area (Å²) in [4.78, 5) is 31.8. The highest BCUT2D eigenvalue weighted by atomic mass is 28.4. The van der Waals surface area contributed by atoms with Crippen molar-refractivity contribution in [2.45, 2.75) is 233 Å². The van der Waals surface area contributed by atoms with E-state index in [4.69, 9.17) is 32.2 Å². The van der Waals surface area contributed by atoms with Gasteiger partial charge in [-0.1, -0.05) is 114 Å². The number of allylic oxidation sites excluding steroid dienone is 2. The van der Waals surface area contributed by atoms with Crippen LogP contribution in [0.5, 0.6) is 0 Å². The molecule has 3 aliphatic rings. The maximum absolute atomic E-state index is 14.1. The third-order valence-electron chi connectivity index (χ3n) is 16.7. The van der Waals surface area contributed by atoms with Crippen LogP contribution in [0.4, 0.5) is 4.79 Å². The fourth-order valence-electron chi connectivity index (χ4n) is 10.7. The van der Waals surface area contributed by atoms with Crippen LogP contribution in [-0.4, -0.2) is 135 Å². The molecule has 0 bridgehead atoms. The molecule has 0 aromatic carbocycles. The molecule has 2 fully saturated rings. The first kappa shape index (κ1) is 60.7. The topological polar surface area (TPSA) is 109 Å². The van der Waals surface area contributed by atoms with Gasteiger partial charge in [0.25, 0.3) is 0 Å². The lowest BCUT2D eigenvalue weighted by molar-refractivity contribution is -0.150. The van der Waals surface area contributed by atoms with Gasteiger partial charge in [0, 0.05) is 57.6 Å². The number of esters is 1. The van der Waals surface area contributed by atoms with Crippen molar-refractivity contribution in [1.82, 2.24) is 9.80 Å². The zero-order valence-corrected chi connectivity index (χ0v) is 49.3. The Labute approximate surface area is 419 Å². The second kappa shape index (κ2) is 29.2. The van der Waals surface area contributed by atoms with Crippen LogP contribution in [0.3, 0.4) is 0 Å². The number of epoxide rings is 1. The summed E-state index contributed by atoms with van der Waals surface area (Å²) >= 11 is 0. The predicted molar refractivity (Wildman–Crippen MR) is 288 cm³/mol. The van der Waals surface area contributed by atoms with Crippen molar-refractivity contribution in [1.29, 1.82) is 0 Å². The Kier molecular flexibility index (Phi) is 26.0. The van der Waals surface area contributed by atoms with Crippen LogP contribution < -0.4 is 0 Å². The fourth-order valence-corrected chi connectivity index (χ4v) is 19.7. The van der Waals surface area contributed by atoms with Crippen molar-refractivity contribution in [3.8, 4) is 0 Å². The number of morpholine rings is 1. The van der Waals surface area contributed by atoms with Gasteiger partial charge in [0.1, 0.15) is 12.2 Å². The molecule has 3 rings (SSSR count). The minimum Gasteiger partial charge on any atom is -0.457 e. The van der Waals surface area contributed by atoms with Crippen LogP contribution in [0, 0.1) is 17.8 Å². The molecule has 0 aromatic rings. The van der Waals surface area contributed by atoms with E-state index in [0.29, 0.717) is 18.9 Å². The van der Waals surface area contributed by atoms with Crippen molar-refractivity contribution in [3.63, 3.8) is 0 Å². The average Bonchev–Trinajstić information content (AvgIpc) is 4.12. The van der Waals surface area contributed by atoms with Crippen LogP contribution in [0.15, 0.2) is 36.0 Å². The van der Waals surface area contributed by atoms with Crippen molar-refractivity contribution in [3.05, 3.63) is 36.0 Å². The van der Waals surface area contributed by atoms with Crippen molar-refractivity contribution >= 4 is 37.0 Å². The highest BCUT2D eigenvalue weighted by Gasteiger charge is 2.51. The number of carbonyl (C=O) groups excluding carboxylic acids is 2. The highest BCUT2D eigenvalue weighted by Crippen LogP contribution is 2.42. The number of hydrogen-bond donors (Lipinski definition) is 0.